The van der Waals surface area contributed by atoms with Crippen LogP contribution in [-0.4, -0.2) is 15.9 Å². The molecule has 0 aliphatic carbocycles. The molecule has 0 saturated carbocycles. The van der Waals surface area contributed by atoms with E-state index < -0.39 is 0 Å². The lowest BCUT2D eigenvalue weighted by atomic mass is 10.2. The van der Waals surface area contributed by atoms with Crippen LogP contribution in [0.3, 0.4) is 0 Å². The van der Waals surface area contributed by atoms with Crippen molar-refractivity contribution in [2.45, 2.75) is 13.8 Å². The van der Waals surface area contributed by atoms with Crippen LogP contribution in [0.4, 0.5) is 11.5 Å². The van der Waals surface area contributed by atoms with Crippen molar-refractivity contribution >= 4 is 17.4 Å². The van der Waals surface area contributed by atoms with Crippen LogP contribution in [0.1, 0.15) is 12.5 Å². The van der Waals surface area contributed by atoms with Gasteiger partial charge >= 0.3 is 0 Å². The molecule has 0 unspecified atom stereocenters. The highest BCUT2D eigenvalue weighted by molar-refractivity contribution is 5.89. The fourth-order valence-corrected chi connectivity index (χ4v) is 1.53. The van der Waals surface area contributed by atoms with E-state index in [2.05, 4.69) is 15.3 Å². The predicted molar refractivity (Wildman–Crippen MR) is 70.9 cm³/mol. The summed E-state index contributed by atoms with van der Waals surface area (Å²) in [6, 6.07) is 7.32. The van der Waals surface area contributed by atoms with Gasteiger partial charge in [-0.3, -0.25) is 4.79 Å². The van der Waals surface area contributed by atoms with E-state index in [9.17, 15) is 4.79 Å². The number of amides is 1. The zero-order valence-electron chi connectivity index (χ0n) is 10.3. The van der Waals surface area contributed by atoms with Gasteiger partial charge in [-0.15, -0.1) is 0 Å². The summed E-state index contributed by atoms with van der Waals surface area (Å²) in [5.74, 6) is 0.895. The zero-order chi connectivity index (χ0) is 13.1. The highest BCUT2D eigenvalue weighted by Crippen LogP contribution is 2.20. The van der Waals surface area contributed by atoms with E-state index >= 15 is 0 Å². The molecule has 92 valence electrons. The SMILES string of the molecule is CC(=O)Nc1cccc(-c2ncc(C)c(N)n2)c1. The van der Waals surface area contributed by atoms with Crippen LogP contribution >= 0.6 is 0 Å². The first-order valence-electron chi connectivity index (χ1n) is 5.53. The molecule has 5 heteroatoms. The van der Waals surface area contributed by atoms with Crippen LogP contribution < -0.4 is 11.1 Å². The molecule has 2 rings (SSSR count). The van der Waals surface area contributed by atoms with Gasteiger partial charge in [0.25, 0.3) is 0 Å². The van der Waals surface area contributed by atoms with Crippen molar-refractivity contribution in [1.82, 2.24) is 9.97 Å². The Bertz CT molecular complexity index is 595. The van der Waals surface area contributed by atoms with E-state index in [1.165, 1.54) is 6.92 Å². The Morgan fingerprint density at radius 2 is 2.17 bits per heavy atom. The smallest absolute Gasteiger partial charge is 0.221 e. The van der Waals surface area contributed by atoms with Gasteiger partial charge in [0.2, 0.25) is 5.91 Å². The third-order valence-electron chi connectivity index (χ3n) is 2.45. The van der Waals surface area contributed by atoms with Crippen LogP contribution in [0.15, 0.2) is 30.5 Å². The number of carbonyl (C=O) groups is 1. The molecule has 1 aromatic heterocycles. The first-order chi connectivity index (χ1) is 8.56. The van der Waals surface area contributed by atoms with Crippen molar-refractivity contribution in [3.05, 3.63) is 36.0 Å². The molecule has 1 amide bonds. The highest BCUT2D eigenvalue weighted by atomic mass is 16.1. The summed E-state index contributed by atoms with van der Waals surface area (Å²) in [6.45, 7) is 3.32. The second-order valence-electron chi connectivity index (χ2n) is 4.02. The van der Waals surface area contributed by atoms with Gasteiger partial charge < -0.3 is 11.1 Å². The molecule has 1 aromatic carbocycles. The fraction of sp³-hybridized carbons (Fsp3) is 0.154. The Hall–Kier alpha value is -2.43. The van der Waals surface area contributed by atoms with Gasteiger partial charge in [0.05, 0.1) is 0 Å². The number of carbonyl (C=O) groups excluding carboxylic acids is 1. The lowest BCUT2D eigenvalue weighted by molar-refractivity contribution is -0.114. The van der Waals surface area contributed by atoms with Crippen molar-refractivity contribution in [2.75, 3.05) is 11.1 Å². The number of benzene rings is 1. The number of hydrogen-bond donors (Lipinski definition) is 2. The van der Waals surface area contributed by atoms with E-state index in [-0.39, 0.29) is 5.91 Å². The van der Waals surface area contributed by atoms with Gasteiger partial charge in [0, 0.05) is 29.9 Å². The first kappa shape index (κ1) is 12.0. The van der Waals surface area contributed by atoms with E-state index in [1.807, 2.05) is 31.2 Å². The Morgan fingerprint density at radius 1 is 1.39 bits per heavy atom. The number of anilines is 2. The number of rotatable bonds is 2. The largest absolute Gasteiger partial charge is 0.383 e. The molecule has 0 aliphatic rings. The number of aromatic nitrogens is 2. The topological polar surface area (TPSA) is 80.9 Å². The number of nitrogens with two attached hydrogens (primary N) is 1. The first-order valence-corrected chi connectivity index (χ1v) is 5.53. The number of nitrogen functional groups attached to an aromatic ring is 1. The molecule has 18 heavy (non-hydrogen) atoms. The highest BCUT2D eigenvalue weighted by Gasteiger charge is 2.05. The van der Waals surface area contributed by atoms with Crippen molar-refractivity contribution in [3.8, 4) is 11.4 Å². The van der Waals surface area contributed by atoms with E-state index in [0.717, 1.165) is 11.1 Å². The van der Waals surface area contributed by atoms with Gasteiger partial charge in [-0.2, -0.15) is 0 Å². The van der Waals surface area contributed by atoms with Crippen LogP contribution in [-0.2, 0) is 4.79 Å². The lowest BCUT2D eigenvalue weighted by Crippen LogP contribution is -2.05. The molecule has 0 atom stereocenters. The second-order valence-corrected chi connectivity index (χ2v) is 4.02. The van der Waals surface area contributed by atoms with Gasteiger partial charge in [-0.05, 0) is 19.1 Å². The molecule has 0 fully saturated rings. The third-order valence-corrected chi connectivity index (χ3v) is 2.45. The van der Waals surface area contributed by atoms with Gasteiger partial charge in [0.1, 0.15) is 5.82 Å². The summed E-state index contributed by atoms with van der Waals surface area (Å²) in [7, 11) is 0. The maximum atomic E-state index is 11.0. The van der Waals surface area contributed by atoms with Gasteiger partial charge in [-0.25, -0.2) is 9.97 Å². The molecule has 5 nitrogen and oxygen atoms in total. The molecule has 2 aromatic rings. The summed E-state index contributed by atoms with van der Waals surface area (Å²) in [4.78, 5) is 19.4. The monoisotopic (exact) mass is 242 g/mol. The zero-order valence-corrected chi connectivity index (χ0v) is 10.3. The molecular formula is C13H14N4O. The Balaban J connectivity index is 2.38. The standard InChI is InChI=1S/C13H14N4O/c1-8-7-15-13(17-12(8)14)10-4-3-5-11(6-10)16-9(2)18/h3-7H,1-2H3,(H,16,18)(H2,14,15,17). The summed E-state index contributed by atoms with van der Waals surface area (Å²) < 4.78 is 0. The molecule has 0 bridgehead atoms. The summed E-state index contributed by atoms with van der Waals surface area (Å²) in [6.07, 6.45) is 1.68. The molecule has 0 radical (unpaired) electrons. The normalized spacial score (nSPS) is 10.1. The number of nitrogens with zero attached hydrogens (tertiary/aromatic N) is 2. The minimum absolute atomic E-state index is 0.114. The van der Waals surface area contributed by atoms with Crippen LogP contribution in [0.5, 0.6) is 0 Å². The number of hydrogen-bond acceptors (Lipinski definition) is 4. The summed E-state index contributed by atoms with van der Waals surface area (Å²) in [5.41, 5.74) is 8.12. The molecule has 3 N–H and O–H groups in total. The quantitative estimate of drug-likeness (QED) is 0.843. The van der Waals surface area contributed by atoms with Gasteiger partial charge in [-0.1, -0.05) is 12.1 Å². The Kier molecular flexibility index (Phi) is 3.23. The van der Waals surface area contributed by atoms with Crippen molar-refractivity contribution in [2.24, 2.45) is 0 Å². The molecule has 0 spiro atoms. The summed E-state index contributed by atoms with van der Waals surface area (Å²) in [5, 5.41) is 2.72. The molecular weight excluding hydrogens is 228 g/mol. The van der Waals surface area contributed by atoms with Crippen molar-refractivity contribution in [1.29, 1.82) is 0 Å². The fourth-order valence-electron chi connectivity index (χ4n) is 1.53. The van der Waals surface area contributed by atoms with E-state index in [1.54, 1.807) is 6.20 Å². The number of aryl methyl sites for hydroxylation is 1. The van der Waals surface area contributed by atoms with Gasteiger partial charge in [0.15, 0.2) is 5.82 Å². The Labute approximate surface area is 105 Å². The number of nitrogens with one attached hydrogen (secondary N) is 1. The molecule has 0 aliphatic heterocycles. The maximum Gasteiger partial charge on any atom is 0.221 e. The minimum atomic E-state index is -0.114. The Morgan fingerprint density at radius 3 is 2.83 bits per heavy atom. The minimum Gasteiger partial charge on any atom is -0.383 e. The van der Waals surface area contributed by atoms with Crippen LogP contribution in [0.2, 0.25) is 0 Å². The van der Waals surface area contributed by atoms with Crippen LogP contribution in [0.25, 0.3) is 11.4 Å². The van der Waals surface area contributed by atoms with E-state index in [4.69, 9.17) is 5.73 Å². The molecule has 1 heterocycles. The van der Waals surface area contributed by atoms with Crippen molar-refractivity contribution < 1.29 is 4.79 Å². The second kappa shape index (κ2) is 4.83. The average Bonchev–Trinajstić information content (AvgIpc) is 2.32. The van der Waals surface area contributed by atoms with E-state index in [0.29, 0.717) is 17.3 Å². The average molecular weight is 242 g/mol. The van der Waals surface area contributed by atoms with Crippen LogP contribution in [0, 0.1) is 6.92 Å². The third kappa shape index (κ3) is 2.63. The predicted octanol–water partition coefficient (Wildman–Crippen LogP) is 1.99. The summed E-state index contributed by atoms with van der Waals surface area (Å²) >= 11 is 0. The lowest BCUT2D eigenvalue weighted by Gasteiger charge is -2.06. The van der Waals surface area contributed by atoms with Crippen molar-refractivity contribution in [3.63, 3.8) is 0 Å². The maximum absolute atomic E-state index is 11.0. The molecule has 0 saturated heterocycles.